The average Bonchev–Trinajstić information content (AvgIpc) is 2.12. The van der Waals surface area contributed by atoms with E-state index < -0.39 is 0 Å². The van der Waals surface area contributed by atoms with Gasteiger partial charge in [0.25, 0.3) is 0 Å². The Morgan fingerprint density at radius 2 is 2.33 bits per heavy atom. The van der Waals surface area contributed by atoms with Crippen LogP contribution in [-0.4, -0.2) is 0 Å². The van der Waals surface area contributed by atoms with Gasteiger partial charge in [0.15, 0.2) is 0 Å². The van der Waals surface area contributed by atoms with E-state index >= 15 is 0 Å². The Bertz CT molecular complexity index is 148. The van der Waals surface area contributed by atoms with Gasteiger partial charge in [-0.05, 0) is 29.3 Å². The molecule has 0 saturated carbocycles. The average molecular weight is 164 g/mol. The van der Waals surface area contributed by atoms with Gasteiger partial charge in [-0.2, -0.15) is 11.3 Å². The predicted octanol–water partition coefficient (Wildman–Crippen LogP) is 2.19. The summed E-state index contributed by atoms with van der Waals surface area (Å²) in [6.45, 7) is 1.99. The van der Waals surface area contributed by atoms with Gasteiger partial charge in [0.1, 0.15) is 0 Å². The Labute approximate surface area is 65.3 Å². The zero-order valence-corrected chi connectivity index (χ0v) is 6.84. The number of rotatable bonds is 1. The molecule has 3 heteroatoms. The Kier molecular flexibility index (Phi) is 3.86. The summed E-state index contributed by atoms with van der Waals surface area (Å²) in [5.74, 6) is 0. The highest BCUT2D eigenvalue weighted by molar-refractivity contribution is 7.07. The SMILES string of the molecule is C[C@H](N)c1ccsc1.Cl. The fraction of sp³-hybridized carbons (Fsp3) is 0.333. The fourth-order valence-electron chi connectivity index (χ4n) is 0.534. The van der Waals surface area contributed by atoms with Crippen LogP contribution < -0.4 is 5.73 Å². The van der Waals surface area contributed by atoms with E-state index in [0.717, 1.165) is 0 Å². The maximum Gasteiger partial charge on any atom is 0.0274 e. The van der Waals surface area contributed by atoms with Gasteiger partial charge >= 0.3 is 0 Å². The second-order valence-electron chi connectivity index (χ2n) is 1.85. The summed E-state index contributed by atoms with van der Waals surface area (Å²) in [6.07, 6.45) is 0. The smallest absolute Gasteiger partial charge is 0.0274 e. The molecule has 52 valence electrons. The zero-order chi connectivity index (χ0) is 5.98. The molecule has 0 aliphatic heterocycles. The van der Waals surface area contributed by atoms with Gasteiger partial charge in [0, 0.05) is 6.04 Å². The molecule has 1 atom stereocenters. The quantitative estimate of drug-likeness (QED) is 0.675. The van der Waals surface area contributed by atoms with E-state index in [2.05, 4.69) is 11.4 Å². The van der Waals surface area contributed by atoms with Crippen LogP contribution in [-0.2, 0) is 0 Å². The molecule has 0 amide bonds. The molecule has 0 saturated heterocycles. The van der Waals surface area contributed by atoms with Crippen LogP contribution in [0.4, 0.5) is 0 Å². The predicted molar refractivity (Wildman–Crippen MR) is 44.2 cm³/mol. The molecule has 2 N–H and O–H groups in total. The number of halogens is 1. The van der Waals surface area contributed by atoms with E-state index in [-0.39, 0.29) is 18.4 Å². The molecular weight excluding hydrogens is 154 g/mol. The van der Waals surface area contributed by atoms with Crippen molar-refractivity contribution >= 4 is 23.7 Å². The first-order valence-electron chi connectivity index (χ1n) is 2.58. The van der Waals surface area contributed by atoms with Crippen LogP contribution in [0.15, 0.2) is 16.8 Å². The molecule has 1 heterocycles. The van der Waals surface area contributed by atoms with Crippen molar-refractivity contribution < 1.29 is 0 Å². The van der Waals surface area contributed by atoms with Crippen LogP contribution in [0, 0.1) is 0 Å². The molecule has 0 aromatic carbocycles. The van der Waals surface area contributed by atoms with Crippen LogP contribution in [0.3, 0.4) is 0 Å². The van der Waals surface area contributed by atoms with Crippen LogP contribution in [0.2, 0.25) is 0 Å². The summed E-state index contributed by atoms with van der Waals surface area (Å²) in [5, 5.41) is 4.11. The van der Waals surface area contributed by atoms with Crippen LogP contribution in [0.25, 0.3) is 0 Å². The second kappa shape index (κ2) is 3.88. The van der Waals surface area contributed by atoms with Gasteiger partial charge < -0.3 is 5.73 Å². The Morgan fingerprint density at radius 1 is 1.67 bits per heavy atom. The largest absolute Gasteiger partial charge is 0.324 e. The minimum atomic E-state index is 0. The number of nitrogens with two attached hydrogens (primary N) is 1. The lowest BCUT2D eigenvalue weighted by Crippen LogP contribution is -2.02. The van der Waals surface area contributed by atoms with Crippen molar-refractivity contribution in [2.75, 3.05) is 0 Å². The van der Waals surface area contributed by atoms with Gasteiger partial charge in [-0.15, -0.1) is 12.4 Å². The molecule has 1 aromatic heterocycles. The van der Waals surface area contributed by atoms with Gasteiger partial charge in [0.05, 0.1) is 0 Å². The van der Waals surface area contributed by atoms with Crippen LogP contribution in [0.5, 0.6) is 0 Å². The normalized spacial score (nSPS) is 12.2. The fourth-order valence-corrected chi connectivity index (χ4v) is 1.30. The van der Waals surface area contributed by atoms with Gasteiger partial charge in [-0.1, -0.05) is 0 Å². The van der Waals surface area contributed by atoms with Crippen molar-refractivity contribution in [1.29, 1.82) is 0 Å². The van der Waals surface area contributed by atoms with E-state index in [1.165, 1.54) is 5.56 Å². The Hall–Kier alpha value is -0.0500. The van der Waals surface area contributed by atoms with E-state index in [1.807, 2.05) is 12.3 Å². The van der Waals surface area contributed by atoms with Crippen molar-refractivity contribution in [1.82, 2.24) is 0 Å². The summed E-state index contributed by atoms with van der Waals surface area (Å²) in [7, 11) is 0. The first kappa shape index (κ1) is 8.95. The number of thiophene rings is 1. The summed E-state index contributed by atoms with van der Waals surface area (Å²) >= 11 is 1.69. The summed E-state index contributed by atoms with van der Waals surface area (Å²) in [4.78, 5) is 0. The van der Waals surface area contributed by atoms with Gasteiger partial charge in [0.2, 0.25) is 0 Å². The molecular formula is C6H10ClNS. The third kappa shape index (κ3) is 2.35. The van der Waals surface area contributed by atoms with Crippen molar-refractivity contribution in [2.45, 2.75) is 13.0 Å². The topological polar surface area (TPSA) is 26.0 Å². The summed E-state index contributed by atoms with van der Waals surface area (Å²) in [6, 6.07) is 2.25. The highest BCUT2D eigenvalue weighted by Crippen LogP contribution is 2.12. The molecule has 1 nitrogen and oxygen atoms in total. The van der Waals surface area contributed by atoms with Gasteiger partial charge in [-0.25, -0.2) is 0 Å². The zero-order valence-electron chi connectivity index (χ0n) is 5.20. The van der Waals surface area contributed by atoms with E-state index in [9.17, 15) is 0 Å². The number of hydrogen-bond donors (Lipinski definition) is 1. The molecule has 1 aromatic rings. The lowest BCUT2D eigenvalue weighted by molar-refractivity contribution is 0.823. The molecule has 0 unspecified atom stereocenters. The first-order valence-corrected chi connectivity index (χ1v) is 3.52. The highest BCUT2D eigenvalue weighted by atomic mass is 35.5. The molecule has 9 heavy (non-hydrogen) atoms. The minimum absolute atomic E-state index is 0. The van der Waals surface area contributed by atoms with Crippen molar-refractivity contribution in [3.05, 3.63) is 22.4 Å². The standard InChI is InChI=1S/C6H9NS.ClH/c1-5(7)6-2-3-8-4-6;/h2-5H,7H2,1H3;1H/t5-;/m0./s1. The molecule has 0 spiro atoms. The maximum absolute atomic E-state index is 5.56. The Balaban J connectivity index is 0.000000640. The van der Waals surface area contributed by atoms with Gasteiger partial charge in [-0.3, -0.25) is 0 Å². The maximum atomic E-state index is 5.56. The molecule has 0 fully saturated rings. The Morgan fingerprint density at radius 3 is 2.56 bits per heavy atom. The van der Waals surface area contributed by atoms with Crippen molar-refractivity contribution in [2.24, 2.45) is 5.73 Å². The third-order valence-corrected chi connectivity index (χ3v) is 1.77. The van der Waals surface area contributed by atoms with E-state index in [0.29, 0.717) is 0 Å². The van der Waals surface area contributed by atoms with Crippen LogP contribution >= 0.6 is 23.7 Å². The van der Waals surface area contributed by atoms with Crippen molar-refractivity contribution in [3.8, 4) is 0 Å². The first-order chi connectivity index (χ1) is 3.80. The molecule has 0 bridgehead atoms. The van der Waals surface area contributed by atoms with E-state index in [4.69, 9.17) is 5.73 Å². The lowest BCUT2D eigenvalue weighted by atomic mass is 10.2. The van der Waals surface area contributed by atoms with E-state index in [1.54, 1.807) is 11.3 Å². The third-order valence-electron chi connectivity index (χ3n) is 1.07. The number of hydrogen-bond acceptors (Lipinski definition) is 2. The lowest BCUT2D eigenvalue weighted by Gasteiger charge is -1.97. The summed E-state index contributed by atoms with van der Waals surface area (Å²) in [5.41, 5.74) is 6.80. The monoisotopic (exact) mass is 163 g/mol. The highest BCUT2D eigenvalue weighted by Gasteiger charge is 1.95. The van der Waals surface area contributed by atoms with Crippen molar-refractivity contribution in [3.63, 3.8) is 0 Å². The van der Waals surface area contributed by atoms with Crippen LogP contribution in [0.1, 0.15) is 18.5 Å². The minimum Gasteiger partial charge on any atom is -0.324 e. The molecule has 1 rings (SSSR count). The second-order valence-corrected chi connectivity index (χ2v) is 2.63. The molecule has 0 aliphatic carbocycles. The molecule has 0 aliphatic rings. The summed E-state index contributed by atoms with van der Waals surface area (Å²) < 4.78 is 0. The molecule has 0 radical (unpaired) electrons.